The molecule has 1 saturated heterocycles. The van der Waals surface area contributed by atoms with Crippen molar-refractivity contribution in [3.05, 3.63) is 35.9 Å². The molecule has 1 aromatic rings. The monoisotopic (exact) mass is 305 g/mol. The summed E-state index contributed by atoms with van der Waals surface area (Å²) in [4.78, 5) is 2.66. The molecular weight excluding hydrogens is 274 g/mol. The van der Waals surface area contributed by atoms with Gasteiger partial charge in [0.15, 0.2) is 0 Å². The van der Waals surface area contributed by atoms with Crippen LogP contribution in [0, 0.1) is 17.3 Å². The Morgan fingerprint density at radius 2 is 1.76 bits per heavy atom. The Hall–Kier alpha value is -0.470. The summed E-state index contributed by atoms with van der Waals surface area (Å²) in [5, 5.41) is 0. The summed E-state index contributed by atoms with van der Waals surface area (Å²) >= 11 is 4.57. The second-order valence-electron chi connectivity index (χ2n) is 7.68. The van der Waals surface area contributed by atoms with E-state index in [4.69, 9.17) is 0 Å². The molecule has 0 saturated carbocycles. The van der Waals surface area contributed by atoms with Crippen LogP contribution in [0.15, 0.2) is 30.3 Å². The molecule has 2 heteroatoms. The van der Waals surface area contributed by atoms with Crippen LogP contribution in [0.5, 0.6) is 0 Å². The van der Waals surface area contributed by atoms with Crippen molar-refractivity contribution >= 4 is 12.6 Å². The van der Waals surface area contributed by atoms with E-state index in [2.05, 4.69) is 68.6 Å². The minimum atomic E-state index is 0.364. The van der Waals surface area contributed by atoms with E-state index >= 15 is 0 Å². The Balaban J connectivity index is 1.78. The Bertz CT molecular complexity index is 401. The second-order valence-corrected chi connectivity index (χ2v) is 8.04. The van der Waals surface area contributed by atoms with Gasteiger partial charge in [-0.25, -0.2) is 0 Å². The van der Waals surface area contributed by atoms with Crippen LogP contribution in [-0.2, 0) is 6.42 Å². The fourth-order valence-corrected chi connectivity index (χ4v) is 3.90. The molecule has 1 fully saturated rings. The molecule has 1 aliphatic heterocycles. The van der Waals surface area contributed by atoms with Gasteiger partial charge in [0, 0.05) is 6.54 Å². The minimum absolute atomic E-state index is 0.364. The van der Waals surface area contributed by atoms with E-state index in [9.17, 15) is 0 Å². The van der Waals surface area contributed by atoms with Crippen molar-refractivity contribution in [3.63, 3.8) is 0 Å². The van der Waals surface area contributed by atoms with Gasteiger partial charge in [-0.3, -0.25) is 0 Å². The van der Waals surface area contributed by atoms with Gasteiger partial charge in [0.2, 0.25) is 0 Å². The Labute approximate surface area is 136 Å². The van der Waals surface area contributed by atoms with Crippen LogP contribution >= 0.6 is 12.6 Å². The van der Waals surface area contributed by atoms with E-state index in [1.165, 1.54) is 44.5 Å². The molecular formula is C19H31NS. The second kappa shape index (κ2) is 7.69. The minimum Gasteiger partial charge on any atom is -0.303 e. The van der Waals surface area contributed by atoms with E-state index in [1.807, 2.05) is 0 Å². The highest BCUT2D eigenvalue weighted by atomic mass is 32.1. The summed E-state index contributed by atoms with van der Waals surface area (Å²) in [5.41, 5.74) is 1.86. The first-order valence-electron chi connectivity index (χ1n) is 8.36. The molecule has 0 aliphatic carbocycles. The summed E-state index contributed by atoms with van der Waals surface area (Å²) in [6, 6.07) is 11.0. The van der Waals surface area contributed by atoms with Crippen LogP contribution in [0.3, 0.4) is 0 Å². The predicted octanol–water partition coefficient (Wildman–Crippen LogP) is 4.53. The first-order chi connectivity index (χ1) is 9.99. The Kier molecular flexibility index (Phi) is 6.19. The van der Waals surface area contributed by atoms with E-state index < -0.39 is 0 Å². The number of likely N-dealkylation sites (tertiary alicyclic amines) is 1. The van der Waals surface area contributed by atoms with Gasteiger partial charge in [0.05, 0.1) is 0 Å². The van der Waals surface area contributed by atoms with Crippen molar-refractivity contribution < 1.29 is 0 Å². The number of nitrogens with zero attached hydrogens (tertiary/aromatic N) is 1. The largest absolute Gasteiger partial charge is 0.303 e. The lowest BCUT2D eigenvalue weighted by Gasteiger charge is -2.38. The van der Waals surface area contributed by atoms with Crippen molar-refractivity contribution in [2.45, 2.75) is 40.0 Å². The highest BCUT2D eigenvalue weighted by Gasteiger charge is 2.27. The van der Waals surface area contributed by atoms with Crippen LogP contribution in [-0.4, -0.2) is 30.3 Å². The predicted molar refractivity (Wildman–Crippen MR) is 96.1 cm³/mol. The third kappa shape index (κ3) is 5.34. The third-order valence-electron chi connectivity index (χ3n) is 5.00. The quantitative estimate of drug-likeness (QED) is 0.782. The van der Waals surface area contributed by atoms with E-state index in [1.54, 1.807) is 0 Å². The number of piperidine rings is 1. The summed E-state index contributed by atoms with van der Waals surface area (Å²) in [6.45, 7) is 10.8. The SMILES string of the molecule is CC(C)(C)C(CS)CN1CCC(Cc2ccccc2)CC1. The first kappa shape index (κ1) is 16.9. The molecule has 0 amide bonds. The van der Waals surface area contributed by atoms with E-state index in [0.29, 0.717) is 11.3 Å². The van der Waals surface area contributed by atoms with E-state index in [-0.39, 0.29) is 0 Å². The van der Waals surface area contributed by atoms with Gasteiger partial charge in [-0.1, -0.05) is 51.1 Å². The highest BCUT2D eigenvalue weighted by molar-refractivity contribution is 7.80. The zero-order valence-electron chi connectivity index (χ0n) is 13.9. The fraction of sp³-hybridized carbons (Fsp3) is 0.684. The summed E-state index contributed by atoms with van der Waals surface area (Å²) in [6.07, 6.45) is 3.95. The lowest BCUT2D eigenvalue weighted by atomic mass is 9.81. The van der Waals surface area contributed by atoms with Crippen LogP contribution in [0.1, 0.15) is 39.2 Å². The number of thiol groups is 1. The molecule has 1 nitrogen and oxygen atoms in total. The van der Waals surface area contributed by atoms with Gasteiger partial charge in [-0.15, -0.1) is 0 Å². The molecule has 2 rings (SSSR count). The van der Waals surface area contributed by atoms with Gasteiger partial charge in [-0.2, -0.15) is 12.6 Å². The van der Waals surface area contributed by atoms with Crippen LogP contribution in [0.25, 0.3) is 0 Å². The maximum atomic E-state index is 4.57. The van der Waals surface area contributed by atoms with Crippen molar-refractivity contribution in [2.75, 3.05) is 25.4 Å². The standard InChI is InChI=1S/C19H31NS/c1-19(2,3)18(15-21)14-20-11-9-17(10-12-20)13-16-7-5-4-6-8-16/h4-8,17-18,21H,9-15H2,1-3H3. The summed E-state index contributed by atoms with van der Waals surface area (Å²) < 4.78 is 0. The van der Waals surface area contributed by atoms with Crippen molar-refractivity contribution in [3.8, 4) is 0 Å². The fourth-order valence-electron chi connectivity index (χ4n) is 3.24. The average Bonchev–Trinajstić information content (AvgIpc) is 2.46. The molecule has 118 valence electrons. The molecule has 1 heterocycles. The molecule has 21 heavy (non-hydrogen) atoms. The molecule has 0 bridgehead atoms. The Morgan fingerprint density at radius 1 is 1.14 bits per heavy atom. The number of benzene rings is 1. The van der Waals surface area contributed by atoms with Crippen LogP contribution in [0.4, 0.5) is 0 Å². The molecule has 0 radical (unpaired) electrons. The number of rotatable bonds is 5. The molecule has 1 unspecified atom stereocenters. The zero-order chi connectivity index (χ0) is 15.3. The normalized spacial score (nSPS) is 19.6. The first-order valence-corrected chi connectivity index (χ1v) is 8.99. The van der Waals surface area contributed by atoms with E-state index in [0.717, 1.165) is 11.7 Å². The van der Waals surface area contributed by atoms with Gasteiger partial charge in [-0.05, 0) is 60.9 Å². The molecule has 0 N–H and O–H groups in total. The van der Waals surface area contributed by atoms with Gasteiger partial charge >= 0.3 is 0 Å². The third-order valence-corrected chi connectivity index (χ3v) is 5.44. The van der Waals surface area contributed by atoms with Gasteiger partial charge < -0.3 is 4.90 Å². The molecule has 0 aromatic heterocycles. The maximum absolute atomic E-state index is 4.57. The van der Waals surface area contributed by atoms with Gasteiger partial charge in [0.25, 0.3) is 0 Å². The topological polar surface area (TPSA) is 3.24 Å². The molecule has 1 aromatic carbocycles. The van der Waals surface area contributed by atoms with Crippen LogP contribution in [0.2, 0.25) is 0 Å². The molecule has 0 spiro atoms. The number of hydrogen-bond acceptors (Lipinski definition) is 2. The van der Waals surface area contributed by atoms with Crippen LogP contribution < -0.4 is 0 Å². The highest BCUT2D eigenvalue weighted by Crippen LogP contribution is 2.29. The van der Waals surface area contributed by atoms with Gasteiger partial charge in [0.1, 0.15) is 0 Å². The average molecular weight is 306 g/mol. The van der Waals surface area contributed by atoms with Crippen molar-refractivity contribution in [1.29, 1.82) is 0 Å². The zero-order valence-corrected chi connectivity index (χ0v) is 14.8. The lowest BCUT2D eigenvalue weighted by Crippen LogP contribution is -2.41. The number of hydrogen-bond donors (Lipinski definition) is 1. The van der Waals surface area contributed by atoms with Crippen molar-refractivity contribution in [1.82, 2.24) is 4.90 Å². The lowest BCUT2D eigenvalue weighted by molar-refractivity contribution is 0.125. The molecule has 1 aliphatic rings. The maximum Gasteiger partial charge on any atom is 0.00225 e. The smallest absolute Gasteiger partial charge is 0.00225 e. The molecule has 1 atom stereocenters. The van der Waals surface area contributed by atoms with Crippen molar-refractivity contribution in [2.24, 2.45) is 17.3 Å². The Morgan fingerprint density at radius 3 is 2.29 bits per heavy atom. The summed E-state index contributed by atoms with van der Waals surface area (Å²) in [7, 11) is 0. The summed E-state index contributed by atoms with van der Waals surface area (Å²) in [5.74, 6) is 2.55.